The number of non-ortho nitro benzene ring substituents is 2. The largest absolute Gasteiger partial charge is 0.417 e. The molecular weight excluding hydrogens is 1940 g/mol. The molecule has 42 heteroatoms. The number of nitrogens with two attached hydrogens (primary N) is 2. The predicted octanol–water partition coefficient (Wildman–Crippen LogP) is 16.0. The monoisotopic (exact) mass is 2030 g/mol. The molecule has 0 radical (unpaired) electrons. The molecule has 0 saturated carbocycles. The van der Waals surface area contributed by atoms with Crippen molar-refractivity contribution in [2.24, 2.45) is 5.73 Å². The number of anilines is 3. The Morgan fingerprint density at radius 3 is 1.04 bits per heavy atom. The maximum Gasteiger partial charge on any atom is 0.417 e. The van der Waals surface area contributed by atoms with Gasteiger partial charge in [-0.15, -0.1) is 0 Å². The Bertz CT molecular complexity index is 7130. The number of carbonyl (C=O) groups excluding carboxylic acids is 3. The number of sulfonamides is 4. The summed E-state index contributed by atoms with van der Waals surface area (Å²) in [5.74, 6) is 0.886. The third-order valence-electron chi connectivity index (χ3n) is 22.1. The number of para-hydroxylation sites is 2. The van der Waals surface area contributed by atoms with Crippen molar-refractivity contribution in [3.05, 3.63) is 415 Å². The van der Waals surface area contributed by atoms with Gasteiger partial charge in [0.1, 0.15) is 11.5 Å². The van der Waals surface area contributed by atoms with Gasteiger partial charge in [-0.1, -0.05) is 158 Å². The molecule has 2 aromatic heterocycles. The van der Waals surface area contributed by atoms with E-state index in [0.29, 0.717) is 118 Å². The van der Waals surface area contributed by atoms with E-state index in [-0.39, 0.29) is 37.0 Å². The summed E-state index contributed by atoms with van der Waals surface area (Å²) in [6.07, 6.45) is 10.2. The van der Waals surface area contributed by atoms with Gasteiger partial charge >= 0.3 is 17.6 Å². The summed E-state index contributed by atoms with van der Waals surface area (Å²) < 4.78 is 139. The molecule has 19 rings (SSSR count). The average Bonchev–Trinajstić information content (AvgIpc) is 0.886. The summed E-state index contributed by atoms with van der Waals surface area (Å²) >= 11 is 4.95. The van der Waals surface area contributed by atoms with E-state index in [0.717, 1.165) is 82.7 Å². The Morgan fingerprint density at radius 1 is 0.393 bits per heavy atom. The van der Waals surface area contributed by atoms with E-state index in [1.807, 2.05) is 103 Å². The molecule has 0 saturated heterocycles. The number of nitro benzene ring substituents is 2. The minimum atomic E-state index is -3.80. The molecule has 0 unspecified atom stereocenters. The standard InChI is InChI=1S/C22H20N2O4S.C20H21N5O3S.C15H14N2O4S.C15H16N2O2S.C9H11N.C7H5ClO2.C6H4ClNO4S.C4H7N3/c25-22(28-20-8-2-1-3-9-20)23-19-10-12-21(13-11-19)29(26,27)24-15-14-17-6-4-5-7-18(17)16-24;26-20(21-11-15-12-22-23-13-15)24-18-5-7-19(8-6-18)29(27,28)25-10-9-16-3-1-2-4-17(16)14-25;18-17(19)14-5-7-15(8-6-14)22(20,21)16-10-9-12-3-1-2-4-13(12)11-16;16-14-5-7-15(8-6-14)20(18,19)17-10-9-12-3-1-2-4-13(12)11-17;1-2-4-9-7-10-6-5-8(9)3-1;8-7(9)10-6-4-2-1-3-5-6;7-13(11,12)6-3-1-5(2-4-6)8(9)10;5-1-4-2-6-7-3-4/h1-13H,14-16H2,(H,23,25);1-8,12-13H,9-11,14H2,(H,22,23)(H2,21,24,26);1-8H,9-11H2;1-8H,9-11,16H2;1-4,10H,5-7H2;1-5H;1-4H;2-3H,1,5H2,(H,6,7). The van der Waals surface area contributed by atoms with Gasteiger partial charge in [0, 0.05) is 159 Å². The molecule has 0 aliphatic carbocycles. The number of nitrogen functional groups attached to an aromatic ring is 1. The van der Waals surface area contributed by atoms with Gasteiger partial charge < -0.3 is 36.9 Å². The third kappa shape index (κ3) is 30.1. The topological polar surface area (TPSA) is 497 Å². The molecule has 10 N–H and O–H groups in total. The molecular formula is C98H98Cl2N16O19S5. The molecule has 3 amide bonds. The number of halogens is 2. The number of hydrogen-bond acceptors (Lipinski definition) is 24. The number of nitro groups is 2. The van der Waals surface area contributed by atoms with Crippen molar-refractivity contribution in [2.75, 3.05) is 49.1 Å². The number of amides is 3. The molecule has 5 aliphatic heterocycles. The van der Waals surface area contributed by atoms with Crippen molar-refractivity contribution in [2.45, 2.75) is 102 Å². The second kappa shape index (κ2) is 49.9. The minimum Gasteiger partial charge on any atom is -0.415 e. The van der Waals surface area contributed by atoms with Crippen LogP contribution in [0.5, 0.6) is 11.5 Å². The Morgan fingerprint density at radius 2 is 0.707 bits per heavy atom. The predicted molar refractivity (Wildman–Crippen MR) is 531 cm³/mol. The van der Waals surface area contributed by atoms with Gasteiger partial charge in [0.25, 0.3) is 20.4 Å². The van der Waals surface area contributed by atoms with Crippen molar-refractivity contribution >= 4 is 117 Å². The normalized spacial score (nSPS) is 13.8. The Balaban J connectivity index is 0.000000149. The highest BCUT2D eigenvalue weighted by molar-refractivity contribution is 8.13. The van der Waals surface area contributed by atoms with E-state index in [9.17, 15) is 76.7 Å². The lowest BCUT2D eigenvalue weighted by molar-refractivity contribution is -0.385. The van der Waals surface area contributed by atoms with Gasteiger partial charge in [-0.2, -0.15) is 27.4 Å². The van der Waals surface area contributed by atoms with Gasteiger partial charge in [0.05, 0.1) is 46.7 Å². The number of ether oxygens (including phenoxy) is 2. The summed E-state index contributed by atoms with van der Waals surface area (Å²) in [5.41, 5.74) is 25.1. The zero-order valence-corrected chi connectivity index (χ0v) is 80.6. The number of rotatable bonds is 18. The van der Waals surface area contributed by atoms with Crippen LogP contribution in [0.2, 0.25) is 0 Å². The van der Waals surface area contributed by atoms with Crippen LogP contribution in [0.3, 0.4) is 0 Å². The van der Waals surface area contributed by atoms with Crippen LogP contribution in [0.1, 0.15) is 66.8 Å². The molecule has 5 aliphatic rings. The second-order valence-electron chi connectivity index (χ2n) is 31.4. The van der Waals surface area contributed by atoms with Crippen LogP contribution < -0.4 is 42.2 Å². The molecule has 14 aromatic rings. The molecule has 0 spiro atoms. The Kier molecular flexibility index (Phi) is 37.3. The molecule has 0 atom stereocenters. The van der Waals surface area contributed by atoms with Crippen molar-refractivity contribution in [1.29, 1.82) is 0 Å². The maximum atomic E-state index is 13.0. The van der Waals surface area contributed by atoms with E-state index in [1.54, 1.807) is 122 Å². The first-order chi connectivity index (χ1) is 67.2. The average molecular weight is 2040 g/mol. The van der Waals surface area contributed by atoms with Crippen molar-refractivity contribution in [3.63, 3.8) is 0 Å². The SMILES string of the molecule is NCc1cn[nH]c1.Nc1ccc(S(=O)(=O)N2CCc3ccccc3C2)cc1.O=C(Cl)Oc1ccccc1.O=C(NCc1cn[nH]c1)Nc1ccc(S(=O)(=O)N2CCc3ccccc3C2)cc1.O=C(Nc1ccc(S(=O)(=O)N2CCc3ccccc3C2)cc1)Oc1ccccc1.O=[N+]([O-])c1ccc(S(=O)(=O)Cl)cc1.O=[N+]([O-])c1ccc(S(=O)(=O)N2CCc3ccccc3C2)cc1.c1ccc2c(c1)CCNC2. The fourth-order valence-corrected chi connectivity index (χ4v) is 21.2. The van der Waals surface area contributed by atoms with Crippen molar-refractivity contribution in [1.82, 2.24) is 48.2 Å². The summed E-state index contributed by atoms with van der Waals surface area (Å²) in [4.78, 5) is 54.4. The Hall–Kier alpha value is -14.2. The highest BCUT2D eigenvalue weighted by atomic mass is 35.7. The maximum absolute atomic E-state index is 13.0. The number of urea groups is 1. The summed E-state index contributed by atoms with van der Waals surface area (Å²) in [7, 11) is -13.1. The molecule has 0 bridgehead atoms. The number of carbonyl (C=O) groups is 3. The number of hydrogen-bond donors (Lipinski definition) is 8. The lowest BCUT2D eigenvalue weighted by Gasteiger charge is -2.28. The van der Waals surface area contributed by atoms with Crippen molar-refractivity contribution in [3.8, 4) is 11.5 Å². The summed E-state index contributed by atoms with van der Waals surface area (Å²) in [6.45, 7) is 6.42. The lowest BCUT2D eigenvalue weighted by atomic mass is 10.0. The molecule has 140 heavy (non-hydrogen) atoms. The lowest BCUT2D eigenvalue weighted by Crippen LogP contribution is -2.35. The fourth-order valence-electron chi connectivity index (χ4n) is 14.7. The van der Waals surface area contributed by atoms with E-state index in [4.69, 9.17) is 38.5 Å². The first-order valence-corrected chi connectivity index (χ1v) is 51.9. The van der Waals surface area contributed by atoms with Crippen molar-refractivity contribution < 1.29 is 75.8 Å². The van der Waals surface area contributed by atoms with Crippen LogP contribution in [-0.4, -0.2) is 140 Å². The zero-order chi connectivity index (χ0) is 99.8. The van der Waals surface area contributed by atoms with Crippen LogP contribution in [0.25, 0.3) is 0 Å². The number of aromatic amines is 2. The highest BCUT2D eigenvalue weighted by Gasteiger charge is 2.33. The second-order valence-corrected chi connectivity index (χ2v) is 42.0. The number of benzene rings is 12. The van der Waals surface area contributed by atoms with Crippen LogP contribution in [0, 0.1) is 20.2 Å². The smallest absolute Gasteiger partial charge is 0.415 e. The van der Waals surface area contributed by atoms with Gasteiger partial charge in [0.2, 0.25) is 40.1 Å². The van der Waals surface area contributed by atoms with Crippen LogP contribution in [0.4, 0.5) is 42.8 Å². The Labute approximate surface area is 819 Å². The van der Waals surface area contributed by atoms with E-state index < -0.39 is 70.5 Å². The number of nitrogens with zero attached hydrogens (tertiary/aromatic N) is 8. The van der Waals surface area contributed by atoms with Gasteiger partial charge in [0.15, 0.2) is 0 Å². The number of H-pyrrole nitrogens is 2. The van der Waals surface area contributed by atoms with Crippen LogP contribution >= 0.6 is 22.3 Å². The van der Waals surface area contributed by atoms with Gasteiger partial charge in [-0.25, -0.2) is 56.5 Å². The molecule has 7 heterocycles. The van der Waals surface area contributed by atoms with E-state index >= 15 is 0 Å². The first kappa shape index (κ1) is 105. The molecule has 728 valence electrons. The molecule has 12 aromatic carbocycles. The summed E-state index contributed by atoms with van der Waals surface area (Å²) in [6, 6.07) is 85.1. The van der Waals surface area contributed by atoms with E-state index in [2.05, 4.69) is 76.7 Å². The van der Waals surface area contributed by atoms with Crippen LogP contribution in [0.15, 0.2) is 353 Å². The molecule has 0 fully saturated rings. The quantitative estimate of drug-likeness (QED) is 0.0171. The first-order valence-electron chi connectivity index (χ1n) is 43.4. The number of fused-ring (bicyclic) bond motifs is 5. The van der Waals surface area contributed by atoms with E-state index in [1.165, 1.54) is 100.0 Å². The van der Waals surface area contributed by atoms with Gasteiger partial charge in [-0.3, -0.25) is 35.7 Å². The number of aromatic nitrogens is 4. The summed E-state index contributed by atoms with van der Waals surface area (Å²) in [5, 5.41) is 45.0. The third-order valence-corrected chi connectivity index (χ3v) is 31.0. The highest BCUT2D eigenvalue weighted by Crippen LogP contribution is 2.32. The number of nitrogens with one attached hydrogen (secondary N) is 6. The molecule has 35 nitrogen and oxygen atoms in total. The van der Waals surface area contributed by atoms with Crippen LogP contribution in [-0.2, 0) is 127 Å². The zero-order valence-electron chi connectivity index (χ0n) is 75.0. The van der Waals surface area contributed by atoms with Gasteiger partial charge in [-0.05, 0) is 216 Å². The fraction of sp³-hybridized carbons (Fsp3) is 0.173. The minimum absolute atomic E-state index is 0.0810.